The zero-order chi connectivity index (χ0) is 18.1. The first-order valence-electron chi connectivity index (χ1n) is 8.47. The van der Waals surface area contributed by atoms with Gasteiger partial charge in [-0.15, -0.1) is 5.10 Å². The third-order valence-electron chi connectivity index (χ3n) is 4.14. The molecule has 2 heterocycles. The fraction of sp³-hybridized carbons (Fsp3) is 0.211. The van der Waals surface area contributed by atoms with E-state index in [0.29, 0.717) is 5.78 Å². The highest BCUT2D eigenvalue weighted by molar-refractivity contribution is 8.00. The number of hydrogen-bond acceptors (Lipinski definition) is 4. The van der Waals surface area contributed by atoms with E-state index in [9.17, 15) is 4.79 Å². The molecule has 4 aromatic rings. The average Bonchev–Trinajstić information content (AvgIpc) is 3.19. The van der Waals surface area contributed by atoms with Crippen LogP contribution in [0.15, 0.2) is 59.8 Å². The maximum absolute atomic E-state index is 12.8. The summed E-state index contributed by atoms with van der Waals surface area (Å²) in [6.07, 6.45) is 0. The molecule has 4 rings (SSSR count). The number of aromatic amines is 1. The van der Waals surface area contributed by atoms with Gasteiger partial charge in [0.15, 0.2) is 5.16 Å². The number of anilines is 1. The second kappa shape index (κ2) is 6.84. The summed E-state index contributed by atoms with van der Waals surface area (Å²) in [5, 5.41) is 10.8. The summed E-state index contributed by atoms with van der Waals surface area (Å²) >= 11 is 1.45. The monoisotopic (exact) mass is 365 g/mol. The van der Waals surface area contributed by atoms with Crippen LogP contribution in [0.1, 0.15) is 13.8 Å². The number of benzene rings is 2. The zero-order valence-corrected chi connectivity index (χ0v) is 15.3. The van der Waals surface area contributed by atoms with Gasteiger partial charge in [-0.05, 0) is 30.2 Å². The van der Waals surface area contributed by atoms with Crippen LogP contribution in [0.5, 0.6) is 0 Å². The molecule has 0 fully saturated rings. The number of carbonyl (C=O) groups excluding carboxylic acids is 1. The summed E-state index contributed by atoms with van der Waals surface area (Å²) in [4.78, 5) is 17.4. The van der Waals surface area contributed by atoms with Crippen molar-refractivity contribution in [1.82, 2.24) is 19.6 Å². The number of imidazole rings is 1. The van der Waals surface area contributed by atoms with Crippen LogP contribution in [-0.4, -0.2) is 30.7 Å². The molecule has 6 nitrogen and oxygen atoms in total. The molecule has 0 saturated heterocycles. The third kappa shape index (κ3) is 3.06. The van der Waals surface area contributed by atoms with E-state index in [-0.39, 0.29) is 17.1 Å². The predicted molar refractivity (Wildman–Crippen MR) is 104 cm³/mol. The third-order valence-corrected chi connectivity index (χ3v) is 5.64. The van der Waals surface area contributed by atoms with Crippen LogP contribution in [0.3, 0.4) is 0 Å². The van der Waals surface area contributed by atoms with Crippen LogP contribution in [0, 0.1) is 5.92 Å². The number of para-hydroxylation sites is 3. The molecule has 0 spiro atoms. The molecule has 0 bridgehead atoms. The Morgan fingerprint density at radius 2 is 1.85 bits per heavy atom. The fourth-order valence-electron chi connectivity index (χ4n) is 2.86. The van der Waals surface area contributed by atoms with Gasteiger partial charge in [-0.3, -0.25) is 9.20 Å². The van der Waals surface area contributed by atoms with Crippen LogP contribution in [0.2, 0.25) is 0 Å². The Hall–Kier alpha value is -2.80. The van der Waals surface area contributed by atoms with Crippen LogP contribution >= 0.6 is 11.8 Å². The Morgan fingerprint density at radius 3 is 2.62 bits per heavy atom. The molecule has 0 aliphatic rings. The molecule has 1 unspecified atom stereocenters. The lowest BCUT2D eigenvalue weighted by molar-refractivity contribution is -0.116. The van der Waals surface area contributed by atoms with E-state index >= 15 is 0 Å². The number of thioether (sulfide) groups is 1. The summed E-state index contributed by atoms with van der Waals surface area (Å²) in [5.74, 6) is 0.793. The largest absolute Gasteiger partial charge is 0.325 e. The molecule has 1 atom stereocenters. The van der Waals surface area contributed by atoms with Crippen molar-refractivity contribution in [1.29, 1.82) is 0 Å². The molecular formula is C19H19N5OS. The molecule has 2 aromatic heterocycles. The van der Waals surface area contributed by atoms with Gasteiger partial charge in [0, 0.05) is 5.69 Å². The van der Waals surface area contributed by atoms with Crippen LogP contribution < -0.4 is 5.32 Å². The van der Waals surface area contributed by atoms with Crippen LogP contribution in [-0.2, 0) is 4.79 Å². The standard InChI is InChI=1S/C19H19N5OS/c1-12(2)16(17(25)20-13-8-4-3-5-9-13)26-19-23-22-18-21-14-10-6-7-11-15(14)24(18)19/h3-12,16H,1-2H3,(H,20,25)(H,21,22). The average molecular weight is 365 g/mol. The zero-order valence-electron chi connectivity index (χ0n) is 14.5. The predicted octanol–water partition coefficient (Wildman–Crippen LogP) is 3.97. The highest BCUT2D eigenvalue weighted by Gasteiger charge is 2.26. The highest BCUT2D eigenvalue weighted by atomic mass is 32.2. The Bertz CT molecular complexity index is 1050. The van der Waals surface area contributed by atoms with E-state index in [1.54, 1.807) is 0 Å². The van der Waals surface area contributed by atoms with Crippen molar-refractivity contribution in [3.63, 3.8) is 0 Å². The molecule has 26 heavy (non-hydrogen) atoms. The number of aromatic nitrogens is 4. The molecule has 0 saturated carbocycles. The van der Waals surface area contributed by atoms with Crippen molar-refractivity contribution in [3.05, 3.63) is 54.6 Å². The first kappa shape index (κ1) is 16.7. The van der Waals surface area contributed by atoms with E-state index < -0.39 is 0 Å². The van der Waals surface area contributed by atoms with Crippen molar-refractivity contribution in [2.24, 2.45) is 5.92 Å². The lowest BCUT2D eigenvalue weighted by atomic mass is 10.1. The minimum absolute atomic E-state index is 0.0308. The van der Waals surface area contributed by atoms with Gasteiger partial charge in [-0.25, -0.2) is 10.1 Å². The number of rotatable bonds is 5. The maximum Gasteiger partial charge on any atom is 0.238 e. The second-order valence-corrected chi connectivity index (χ2v) is 7.51. The van der Waals surface area contributed by atoms with Gasteiger partial charge in [0.25, 0.3) is 0 Å². The van der Waals surface area contributed by atoms with Crippen molar-refractivity contribution in [2.75, 3.05) is 5.32 Å². The summed E-state index contributed by atoms with van der Waals surface area (Å²) in [7, 11) is 0. The number of fused-ring (bicyclic) bond motifs is 3. The van der Waals surface area contributed by atoms with Gasteiger partial charge < -0.3 is 5.32 Å². The molecule has 2 N–H and O–H groups in total. The lowest BCUT2D eigenvalue weighted by Crippen LogP contribution is -2.29. The van der Waals surface area contributed by atoms with Gasteiger partial charge in [0.1, 0.15) is 0 Å². The minimum Gasteiger partial charge on any atom is -0.325 e. The molecule has 1 amide bonds. The molecule has 0 radical (unpaired) electrons. The lowest BCUT2D eigenvalue weighted by Gasteiger charge is -2.18. The number of carbonyl (C=O) groups is 1. The quantitative estimate of drug-likeness (QED) is 0.525. The Balaban J connectivity index is 1.64. The number of H-pyrrole nitrogens is 1. The number of nitrogens with zero attached hydrogens (tertiary/aromatic N) is 3. The number of nitrogens with one attached hydrogen (secondary N) is 2. The summed E-state index contributed by atoms with van der Waals surface area (Å²) < 4.78 is 1.96. The number of hydrogen-bond donors (Lipinski definition) is 2. The molecule has 0 aliphatic heterocycles. The normalized spacial score (nSPS) is 12.7. The first-order chi connectivity index (χ1) is 12.6. The smallest absolute Gasteiger partial charge is 0.238 e. The first-order valence-corrected chi connectivity index (χ1v) is 9.35. The maximum atomic E-state index is 12.8. The van der Waals surface area contributed by atoms with E-state index in [1.807, 2.05) is 72.8 Å². The Labute approximate surface area is 155 Å². The SMILES string of the molecule is CC(C)C(Sc1n[nH]c2nc3ccccc3n12)C(=O)Nc1ccccc1. The van der Waals surface area contributed by atoms with Crippen molar-refractivity contribution in [3.8, 4) is 0 Å². The molecular weight excluding hydrogens is 346 g/mol. The molecule has 132 valence electrons. The van der Waals surface area contributed by atoms with E-state index in [0.717, 1.165) is 21.9 Å². The Kier molecular flexibility index (Phi) is 4.38. The summed E-state index contributed by atoms with van der Waals surface area (Å²) in [5.41, 5.74) is 2.67. The Morgan fingerprint density at radius 1 is 1.12 bits per heavy atom. The van der Waals surface area contributed by atoms with Gasteiger partial charge >= 0.3 is 0 Å². The molecule has 2 aromatic carbocycles. The molecule has 0 aliphatic carbocycles. The van der Waals surface area contributed by atoms with Gasteiger partial charge in [0.05, 0.1) is 16.3 Å². The fourth-order valence-corrected chi connectivity index (χ4v) is 3.92. The molecule has 7 heteroatoms. The minimum atomic E-state index is -0.275. The summed E-state index contributed by atoms with van der Waals surface area (Å²) in [6.45, 7) is 4.08. The second-order valence-electron chi connectivity index (χ2n) is 6.40. The van der Waals surface area contributed by atoms with Gasteiger partial charge in [-0.2, -0.15) is 0 Å². The number of amides is 1. The van der Waals surface area contributed by atoms with Crippen LogP contribution in [0.4, 0.5) is 5.69 Å². The topological polar surface area (TPSA) is 75.1 Å². The van der Waals surface area contributed by atoms with Crippen molar-refractivity contribution < 1.29 is 4.79 Å². The van der Waals surface area contributed by atoms with E-state index in [2.05, 4.69) is 20.5 Å². The van der Waals surface area contributed by atoms with Crippen molar-refractivity contribution in [2.45, 2.75) is 24.3 Å². The van der Waals surface area contributed by atoms with Crippen molar-refractivity contribution >= 4 is 40.2 Å². The highest BCUT2D eigenvalue weighted by Crippen LogP contribution is 2.30. The van der Waals surface area contributed by atoms with Gasteiger partial charge in [-0.1, -0.05) is 55.9 Å². The van der Waals surface area contributed by atoms with Gasteiger partial charge in [0.2, 0.25) is 11.7 Å². The van der Waals surface area contributed by atoms with E-state index in [4.69, 9.17) is 0 Å². The van der Waals surface area contributed by atoms with E-state index in [1.165, 1.54) is 11.8 Å². The summed E-state index contributed by atoms with van der Waals surface area (Å²) in [6, 6.07) is 17.4. The van der Waals surface area contributed by atoms with Crippen LogP contribution in [0.25, 0.3) is 16.8 Å².